The van der Waals surface area contributed by atoms with E-state index in [9.17, 15) is 9.90 Å². The molecular formula is C19H25N3O3. The lowest BCUT2D eigenvalue weighted by molar-refractivity contribution is -0.123. The van der Waals surface area contributed by atoms with E-state index in [0.29, 0.717) is 31.7 Å². The summed E-state index contributed by atoms with van der Waals surface area (Å²) < 4.78 is 7.69. The van der Waals surface area contributed by atoms with Gasteiger partial charge in [0.15, 0.2) is 0 Å². The molecule has 1 unspecified atom stereocenters. The van der Waals surface area contributed by atoms with Crippen molar-refractivity contribution in [3.8, 4) is 0 Å². The number of carbonyl (C=O) groups is 1. The topological polar surface area (TPSA) is 67.6 Å². The van der Waals surface area contributed by atoms with Crippen molar-refractivity contribution < 1.29 is 14.6 Å². The number of amides is 1. The summed E-state index contributed by atoms with van der Waals surface area (Å²) in [6.07, 6.45) is 3.95. The Hall–Kier alpha value is -2.18. The average molecular weight is 343 g/mol. The number of morpholine rings is 1. The van der Waals surface area contributed by atoms with Crippen molar-refractivity contribution in [1.29, 1.82) is 0 Å². The highest BCUT2D eigenvalue weighted by Gasteiger charge is 2.38. The second kappa shape index (κ2) is 7.37. The maximum absolute atomic E-state index is 12.8. The quantitative estimate of drug-likeness (QED) is 0.900. The molecular weight excluding hydrogens is 318 g/mol. The molecule has 6 heteroatoms. The maximum atomic E-state index is 12.8. The number of nitrogens with zero attached hydrogens (tertiary/aromatic N) is 3. The Bertz CT molecular complexity index is 714. The number of carbonyl (C=O) groups excluding carboxylic acids is 1. The Morgan fingerprint density at radius 3 is 2.76 bits per heavy atom. The van der Waals surface area contributed by atoms with Crippen LogP contribution in [-0.4, -0.2) is 57.6 Å². The molecule has 6 nitrogen and oxygen atoms in total. The van der Waals surface area contributed by atoms with Gasteiger partial charge in [-0.25, -0.2) is 0 Å². The number of ether oxygens (including phenoxy) is 1. The van der Waals surface area contributed by atoms with Crippen LogP contribution in [0.4, 0.5) is 0 Å². The van der Waals surface area contributed by atoms with Gasteiger partial charge in [-0.2, -0.15) is 5.10 Å². The molecule has 1 aliphatic rings. The molecule has 1 amide bonds. The SMILES string of the molecule is CC(C)n1cc(C(=O)N2CCOC(CO)(Cc3ccccc3)C2)cn1. The van der Waals surface area contributed by atoms with Crippen molar-refractivity contribution in [2.24, 2.45) is 0 Å². The van der Waals surface area contributed by atoms with Crippen LogP contribution < -0.4 is 0 Å². The molecule has 1 aromatic heterocycles. The summed E-state index contributed by atoms with van der Waals surface area (Å²) >= 11 is 0. The molecule has 2 aromatic rings. The Morgan fingerprint density at radius 1 is 1.36 bits per heavy atom. The molecule has 134 valence electrons. The minimum Gasteiger partial charge on any atom is -0.393 e. The van der Waals surface area contributed by atoms with Crippen LogP contribution in [0.2, 0.25) is 0 Å². The van der Waals surface area contributed by atoms with Gasteiger partial charge in [0.25, 0.3) is 5.91 Å². The van der Waals surface area contributed by atoms with E-state index in [0.717, 1.165) is 5.56 Å². The fourth-order valence-corrected chi connectivity index (χ4v) is 3.16. The van der Waals surface area contributed by atoms with Crippen LogP contribution in [0.1, 0.15) is 35.8 Å². The van der Waals surface area contributed by atoms with E-state index in [1.54, 1.807) is 22.0 Å². The van der Waals surface area contributed by atoms with E-state index in [-0.39, 0.29) is 18.6 Å². The molecule has 1 N–H and O–H groups in total. The van der Waals surface area contributed by atoms with Gasteiger partial charge in [-0.1, -0.05) is 30.3 Å². The monoisotopic (exact) mass is 343 g/mol. The van der Waals surface area contributed by atoms with Crippen LogP contribution in [0.3, 0.4) is 0 Å². The zero-order valence-electron chi connectivity index (χ0n) is 14.8. The second-order valence-electron chi connectivity index (χ2n) is 6.88. The molecule has 0 bridgehead atoms. The third kappa shape index (κ3) is 3.91. The van der Waals surface area contributed by atoms with Gasteiger partial charge in [0, 0.05) is 25.2 Å². The lowest BCUT2D eigenvalue weighted by atomic mass is 9.93. The minimum atomic E-state index is -0.761. The van der Waals surface area contributed by atoms with E-state index < -0.39 is 5.60 Å². The number of aliphatic hydroxyl groups is 1. The molecule has 3 rings (SSSR count). The number of hydrogen-bond acceptors (Lipinski definition) is 4. The Morgan fingerprint density at radius 2 is 2.12 bits per heavy atom. The summed E-state index contributed by atoms with van der Waals surface area (Å²) in [5, 5.41) is 14.2. The number of hydrogen-bond donors (Lipinski definition) is 1. The minimum absolute atomic E-state index is 0.0684. The number of aliphatic hydroxyl groups excluding tert-OH is 1. The molecule has 0 saturated carbocycles. The first-order chi connectivity index (χ1) is 12.0. The van der Waals surface area contributed by atoms with Gasteiger partial charge in [0.1, 0.15) is 5.60 Å². The molecule has 1 aromatic carbocycles. The molecule has 1 fully saturated rings. The summed E-state index contributed by atoms with van der Waals surface area (Å²) in [5.74, 6) is -0.0684. The lowest BCUT2D eigenvalue weighted by Crippen LogP contribution is -2.56. The van der Waals surface area contributed by atoms with Crippen molar-refractivity contribution in [2.45, 2.75) is 31.9 Å². The molecule has 1 atom stereocenters. The van der Waals surface area contributed by atoms with Crippen molar-refractivity contribution >= 4 is 5.91 Å². The van der Waals surface area contributed by atoms with Gasteiger partial charge >= 0.3 is 0 Å². The summed E-state index contributed by atoms with van der Waals surface area (Å²) in [7, 11) is 0. The summed E-state index contributed by atoms with van der Waals surface area (Å²) in [5.41, 5.74) is 0.893. The van der Waals surface area contributed by atoms with Crippen molar-refractivity contribution in [3.63, 3.8) is 0 Å². The molecule has 0 radical (unpaired) electrons. The zero-order valence-corrected chi connectivity index (χ0v) is 14.8. The van der Waals surface area contributed by atoms with Crippen LogP contribution in [0.5, 0.6) is 0 Å². The fraction of sp³-hybridized carbons (Fsp3) is 0.474. The molecule has 1 aliphatic heterocycles. The van der Waals surface area contributed by atoms with E-state index in [1.165, 1.54) is 0 Å². The van der Waals surface area contributed by atoms with Gasteiger partial charge in [0.05, 0.1) is 31.5 Å². The summed E-state index contributed by atoms with van der Waals surface area (Å²) in [4.78, 5) is 14.6. The highest BCUT2D eigenvalue weighted by molar-refractivity contribution is 5.93. The average Bonchev–Trinajstić information content (AvgIpc) is 3.12. The summed E-state index contributed by atoms with van der Waals surface area (Å²) in [6, 6.07) is 10.1. The zero-order chi connectivity index (χ0) is 17.9. The Labute approximate surface area is 148 Å². The van der Waals surface area contributed by atoms with Crippen molar-refractivity contribution in [3.05, 3.63) is 53.9 Å². The van der Waals surface area contributed by atoms with Gasteiger partial charge in [0.2, 0.25) is 0 Å². The van der Waals surface area contributed by atoms with Crippen molar-refractivity contribution in [2.75, 3.05) is 26.3 Å². The van der Waals surface area contributed by atoms with Crippen LogP contribution in [-0.2, 0) is 11.2 Å². The summed E-state index contributed by atoms with van der Waals surface area (Å²) in [6.45, 7) is 5.21. The molecule has 0 aliphatic carbocycles. The van der Waals surface area contributed by atoms with E-state index in [2.05, 4.69) is 5.10 Å². The molecule has 2 heterocycles. The highest BCUT2D eigenvalue weighted by atomic mass is 16.5. The normalized spacial score (nSPS) is 20.9. The number of aromatic nitrogens is 2. The van der Waals surface area contributed by atoms with Crippen LogP contribution in [0.15, 0.2) is 42.7 Å². The second-order valence-corrected chi connectivity index (χ2v) is 6.88. The molecule has 1 saturated heterocycles. The number of rotatable bonds is 5. The van der Waals surface area contributed by atoms with Crippen LogP contribution >= 0.6 is 0 Å². The molecule has 0 spiro atoms. The predicted octanol–water partition coefficient (Wildman–Crippen LogP) is 1.91. The third-order valence-electron chi connectivity index (χ3n) is 4.57. The smallest absolute Gasteiger partial charge is 0.257 e. The Balaban J connectivity index is 1.75. The maximum Gasteiger partial charge on any atom is 0.257 e. The fourth-order valence-electron chi connectivity index (χ4n) is 3.16. The first kappa shape index (κ1) is 17.6. The van der Waals surface area contributed by atoms with Gasteiger partial charge < -0.3 is 14.7 Å². The molecule has 25 heavy (non-hydrogen) atoms. The third-order valence-corrected chi connectivity index (χ3v) is 4.57. The lowest BCUT2D eigenvalue weighted by Gasteiger charge is -2.41. The van der Waals surface area contributed by atoms with Crippen molar-refractivity contribution in [1.82, 2.24) is 14.7 Å². The number of benzene rings is 1. The first-order valence-corrected chi connectivity index (χ1v) is 8.65. The Kier molecular flexibility index (Phi) is 5.20. The van der Waals surface area contributed by atoms with E-state index >= 15 is 0 Å². The van der Waals surface area contributed by atoms with E-state index in [4.69, 9.17) is 4.74 Å². The van der Waals surface area contributed by atoms with E-state index in [1.807, 2.05) is 44.2 Å². The standard InChI is InChI=1S/C19H25N3O3/c1-15(2)22-12-17(11-20-22)18(24)21-8-9-25-19(13-21,14-23)10-16-6-4-3-5-7-16/h3-7,11-12,15,23H,8-10,13-14H2,1-2H3. The highest BCUT2D eigenvalue weighted by Crippen LogP contribution is 2.24. The van der Waals surface area contributed by atoms with Gasteiger partial charge in [-0.3, -0.25) is 9.48 Å². The van der Waals surface area contributed by atoms with Gasteiger partial charge in [-0.15, -0.1) is 0 Å². The largest absolute Gasteiger partial charge is 0.393 e. The first-order valence-electron chi connectivity index (χ1n) is 8.65. The van der Waals surface area contributed by atoms with Crippen LogP contribution in [0, 0.1) is 0 Å². The van der Waals surface area contributed by atoms with Crippen LogP contribution in [0.25, 0.3) is 0 Å². The predicted molar refractivity (Wildman–Crippen MR) is 94.4 cm³/mol. The van der Waals surface area contributed by atoms with Gasteiger partial charge in [-0.05, 0) is 19.4 Å².